The van der Waals surface area contributed by atoms with Crippen molar-refractivity contribution < 1.29 is 53.3 Å². The Labute approximate surface area is 373 Å². The van der Waals surface area contributed by atoms with Crippen molar-refractivity contribution in [3.63, 3.8) is 0 Å². The van der Waals surface area contributed by atoms with Gasteiger partial charge in [-0.15, -0.1) is 0 Å². The number of nitrogens with zero attached hydrogens (tertiary/aromatic N) is 1. The zero-order valence-electron chi connectivity index (χ0n) is 36.4. The number of aliphatic hydroxyl groups excluding tert-OH is 2. The zero-order valence-corrected chi connectivity index (χ0v) is 36.4. The predicted octanol–water partition coefficient (Wildman–Crippen LogP) is 0.972. The van der Waals surface area contributed by atoms with Gasteiger partial charge in [-0.3, -0.25) is 38.9 Å². The maximum absolute atomic E-state index is 13.5. The third-order valence-electron chi connectivity index (χ3n) is 10.8. The number of aliphatic hydroxyl groups is 2. The summed E-state index contributed by atoms with van der Waals surface area (Å²) in [6.45, 7) is 5.79. The number of benzene rings is 3. The van der Waals surface area contributed by atoms with E-state index in [2.05, 4.69) is 31.6 Å². The van der Waals surface area contributed by atoms with Gasteiger partial charge in [-0.1, -0.05) is 56.3 Å². The molecule has 3 aromatic carbocycles. The molecule has 8 atom stereocenters. The number of nitro benzene ring substituents is 1. The van der Waals surface area contributed by atoms with Crippen molar-refractivity contribution in [1.29, 1.82) is 0 Å². The second-order valence-electron chi connectivity index (χ2n) is 16.0. The number of carbonyl (C=O) groups is 5. The fourth-order valence-corrected chi connectivity index (χ4v) is 7.38. The van der Waals surface area contributed by atoms with E-state index in [1.165, 1.54) is 26.0 Å². The number of aromatic amines is 1. The maximum Gasteiger partial charge on any atom is 0.293 e. The number of ether oxygens (including phenoxy) is 3. The smallest absolute Gasteiger partial charge is 0.293 e. The highest BCUT2D eigenvalue weighted by Crippen LogP contribution is 2.30. The highest BCUT2D eigenvalue weighted by Gasteiger charge is 2.48. The van der Waals surface area contributed by atoms with E-state index in [1.54, 1.807) is 38.1 Å². The van der Waals surface area contributed by atoms with Crippen molar-refractivity contribution in [3.05, 3.63) is 92.6 Å². The number of hydrogen-bond acceptors (Lipinski definition) is 14. The van der Waals surface area contributed by atoms with Gasteiger partial charge in [0.25, 0.3) is 5.69 Å². The predicted molar refractivity (Wildman–Crippen MR) is 237 cm³/mol. The van der Waals surface area contributed by atoms with E-state index in [4.69, 9.17) is 19.9 Å². The number of nitrogens with one attached hydrogen (secondary N) is 6. The lowest BCUT2D eigenvalue weighted by molar-refractivity contribution is -0.383. The number of rotatable bonds is 22. The molecule has 2 heterocycles. The molecule has 350 valence electrons. The summed E-state index contributed by atoms with van der Waals surface area (Å²) in [5, 5.41) is 47.0. The van der Waals surface area contributed by atoms with E-state index < -0.39 is 95.8 Å². The number of pyridine rings is 1. The standard InChI is InChI=1S/C44H56N8O13/c1-23(2)35(51-42(59)24(3)64-40-37(48-25(4)54)44(65-32(21-53)39(40)57)63-22-26-11-6-5-7-12-26)43(60)50-30(41(45)58)16-18-33(55)47-20-10-19-46-29-15-17-31(52(61)62)36-34(29)38(56)27-13-8-9-14-28(27)49-36/h5-9,11-15,17,23-24,30,32,35,37,39-40,44,46,53,57H,10,16,18-22H2,1-4H3,(H2,45,58)(H,47,55)(H,48,54)(H,49,56)(H,50,60)(H,51,59). The van der Waals surface area contributed by atoms with Gasteiger partial charge in [0.1, 0.15) is 48.1 Å². The Morgan fingerprint density at radius 2 is 1.68 bits per heavy atom. The first kappa shape index (κ1) is 49.5. The van der Waals surface area contributed by atoms with Gasteiger partial charge in [0.15, 0.2) is 11.7 Å². The van der Waals surface area contributed by atoms with Crippen LogP contribution >= 0.6 is 0 Å². The van der Waals surface area contributed by atoms with Crippen LogP contribution in [-0.2, 0) is 44.8 Å². The number of carbonyl (C=O) groups excluding carboxylic acids is 5. The molecule has 21 heteroatoms. The van der Waals surface area contributed by atoms with E-state index in [0.717, 1.165) is 5.56 Å². The molecular formula is C44H56N8O13. The summed E-state index contributed by atoms with van der Waals surface area (Å²) in [7, 11) is 0. The Morgan fingerprint density at radius 3 is 2.34 bits per heavy atom. The molecule has 65 heavy (non-hydrogen) atoms. The number of nitro groups is 1. The van der Waals surface area contributed by atoms with Crippen LogP contribution in [0.4, 0.5) is 11.4 Å². The molecular weight excluding hydrogens is 849 g/mol. The van der Waals surface area contributed by atoms with Crippen molar-refractivity contribution in [3.8, 4) is 0 Å². The van der Waals surface area contributed by atoms with Crippen molar-refractivity contribution in [2.45, 2.75) is 102 Å². The average Bonchev–Trinajstić information content (AvgIpc) is 3.27. The lowest BCUT2D eigenvalue weighted by atomic mass is 9.96. The highest BCUT2D eigenvalue weighted by atomic mass is 16.7. The van der Waals surface area contributed by atoms with E-state index in [-0.39, 0.29) is 54.6 Å². The number of fused-ring (bicyclic) bond motifs is 2. The monoisotopic (exact) mass is 904 g/mol. The summed E-state index contributed by atoms with van der Waals surface area (Å²) >= 11 is 0. The van der Waals surface area contributed by atoms with E-state index in [1.807, 2.05) is 30.3 Å². The van der Waals surface area contributed by atoms with Gasteiger partial charge >= 0.3 is 0 Å². The van der Waals surface area contributed by atoms with Gasteiger partial charge in [-0.25, -0.2) is 0 Å². The number of H-pyrrole nitrogens is 1. The Balaban J connectivity index is 1.13. The molecule has 1 fully saturated rings. The summed E-state index contributed by atoms with van der Waals surface area (Å²) < 4.78 is 17.8. The van der Waals surface area contributed by atoms with E-state index in [9.17, 15) is 49.1 Å². The first-order valence-corrected chi connectivity index (χ1v) is 21.2. The third-order valence-corrected chi connectivity index (χ3v) is 10.8. The fourth-order valence-electron chi connectivity index (χ4n) is 7.38. The van der Waals surface area contributed by atoms with Gasteiger partial charge in [0.2, 0.25) is 29.5 Å². The van der Waals surface area contributed by atoms with Crippen LogP contribution in [0.5, 0.6) is 0 Å². The van der Waals surface area contributed by atoms with Gasteiger partial charge in [-0.05, 0) is 49.4 Å². The molecule has 1 aromatic heterocycles. The van der Waals surface area contributed by atoms with Gasteiger partial charge in [0, 0.05) is 49.1 Å². The molecule has 0 radical (unpaired) electrons. The van der Waals surface area contributed by atoms with Gasteiger partial charge in [-0.2, -0.15) is 0 Å². The lowest BCUT2D eigenvalue weighted by Crippen LogP contribution is -2.66. The van der Waals surface area contributed by atoms with Crippen molar-refractivity contribution in [2.24, 2.45) is 11.7 Å². The minimum atomic E-state index is -1.52. The third kappa shape index (κ3) is 12.8. The number of anilines is 1. The Morgan fingerprint density at radius 1 is 0.969 bits per heavy atom. The number of hydrogen-bond donors (Lipinski definition) is 9. The second-order valence-corrected chi connectivity index (χ2v) is 16.0. The first-order valence-electron chi connectivity index (χ1n) is 21.2. The number of aromatic nitrogens is 1. The summed E-state index contributed by atoms with van der Waals surface area (Å²) in [5.41, 5.74) is 6.67. The van der Waals surface area contributed by atoms with Crippen LogP contribution in [-0.4, -0.2) is 118 Å². The summed E-state index contributed by atoms with van der Waals surface area (Å²) in [6.07, 6.45) is -6.56. The van der Waals surface area contributed by atoms with Crippen molar-refractivity contribution in [1.82, 2.24) is 26.3 Å². The Kier molecular flexibility index (Phi) is 17.4. The largest absolute Gasteiger partial charge is 0.394 e. The molecule has 0 spiro atoms. The molecule has 1 aliphatic heterocycles. The SMILES string of the molecule is CC(=O)NC1C(OCc2ccccc2)OC(CO)C(O)C1OC(C)C(=O)NC(C(=O)NC(CCC(=O)NCCCNc1ccc([N+](=O)[O-])c2[nH]c3ccccc3c(=O)c12)C(N)=O)C(C)C. The fraction of sp³-hybridized carbons (Fsp3) is 0.455. The minimum absolute atomic E-state index is 0.0490. The highest BCUT2D eigenvalue weighted by molar-refractivity contribution is 6.03. The summed E-state index contributed by atoms with van der Waals surface area (Å²) in [6, 6.07) is 14.9. The van der Waals surface area contributed by atoms with Crippen LogP contribution in [0.3, 0.4) is 0 Å². The molecule has 5 amide bonds. The van der Waals surface area contributed by atoms with Crippen LogP contribution in [0.1, 0.15) is 52.5 Å². The van der Waals surface area contributed by atoms with Crippen LogP contribution in [0, 0.1) is 16.0 Å². The molecule has 1 aliphatic rings. The molecule has 1 saturated heterocycles. The van der Waals surface area contributed by atoms with Crippen LogP contribution in [0.15, 0.2) is 71.5 Å². The molecule has 8 unspecified atom stereocenters. The van der Waals surface area contributed by atoms with Crippen LogP contribution in [0.25, 0.3) is 21.8 Å². The average molecular weight is 905 g/mol. The topological polar surface area (TPSA) is 316 Å². The molecule has 5 rings (SSSR count). The number of para-hydroxylation sites is 1. The molecule has 0 aliphatic carbocycles. The van der Waals surface area contributed by atoms with Gasteiger partial charge < -0.3 is 61.7 Å². The number of primary amides is 1. The number of amides is 5. The van der Waals surface area contributed by atoms with E-state index in [0.29, 0.717) is 23.0 Å². The molecule has 10 N–H and O–H groups in total. The first-order chi connectivity index (χ1) is 31.0. The Hall–Kier alpha value is -6.52. The minimum Gasteiger partial charge on any atom is -0.394 e. The van der Waals surface area contributed by atoms with Crippen molar-refractivity contribution in [2.75, 3.05) is 25.0 Å². The van der Waals surface area contributed by atoms with Crippen LogP contribution in [0.2, 0.25) is 0 Å². The molecule has 0 bridgehead atoms. The summed E-state index contributed by atoms with van der Waals surface area (Å²) in [5.74, 6) is -3.95. The Bertz CT molecular complexity index is 2400. The van der Waals surface area contributed by atoms with Crippen molar-refractivity contribution >= 4 is 62.7 Å². The maximum atomic E-state index is 13.5. The quantitative estimate of drug-likeness (QED) is 0.0230. The summed E-state index contributed by atoms with van der Waals surface area (Å²) in [4.78, 5) is 92.1. The molecule has 21 nitrogen and oxygen atoms in total. The number of nitrogens with two attached hydrogens (primary N) is 1. The second kappa shape index (κ2) is 22.9. The zero-order chi connectivity index (χ0) is 47.4. The lowest BCUT2D eigenvalue weighted by Gasteiger charge is -2.44. The number of non-ortho nitro benzene ring substituents is 1. The molecule has 4 aromatic rings. The molecule has 0 saturated carbocycles. The van der Waals surface area contributed by atoms with Gasteiger partial charge in [0.05, 0.1) is 23.5 Å². The van der Waals surface area contributed by atoms with Crippen LogP contribution < -0.4 is 37.7 Å². The normalized spacial score (nSPS) is 19.8. The van der Waals surface area contributed by atoms with E-state index >= 15 is 0 Å².